The fourth-order valence-electron chi connectivity index (χ4n) is 2.35. The highest BCUT2D eigenvalue weighted by Crippen LogP contribution is 2.25. The van der Waals surface area contributed by atoms with Crippen molar-refractivity contribution in [2.45, 2.75) is 25.7 Å². The number of sulfonamides is 1. The van der Waals surface area contributed by atoms with Crippen molar-refractivity contribution < 1.29 is 8.42 Å². The SMILES string of the molecule is CS(=O)(=O)NCCCNc1nc2c(cc1C(N)=S)CCC2. The first-order valence-corrected chi connectivity index (χ1v) is 9.18. The van der Waals surface area contributed by atoms with E-state index in [4.69, 9.17) is 18.0 Å². The van der Waals surface area contributed by atoms with E-state index in [1.165, 1.54) is 5.56 Å². The Morgan fingerprint density at radius 3 is 2.86 bits per heavy atom. The zero-order valence-electron chi connectivity index (χ0n) is 12.0. The minimum absolute atomic E-state index is 0.328. The Labute approximate surface area is 130 Å². The lowest BCUT2D eigenvalue weighted by Crippen LogP contribution is -2.25. The zero-order chi connectivity index (χ0) is 15.5. The third-order valence-electron chi connectivity index (χ3n) is 3.33. The number of hydrogen-bond acceptors (Lipinski definition) is 5. The maximum atomic E-state index is 11.0. The van der Waals surface area contributed by atoms with Gasteiger partial charge in [-0.05, 0) is 37.3 Å². The van der Waals surface area contributed by atoms with Crippen molar-refractivity contribution >= 4 is 33.0 Å². The van der Waals surface area contributed by atoms with Crippen molar-refractivity contribution in [2.24, 2.45) is 5.73 Å². The molecule has 0 saturated heterocycles. The normalized spacial score (nSPS) is 14.0. The van der Waals surface area contributed by atoms with Gasteiger partial charge in [-0.15, -0.1) is 0 Å². The minimum Gasteiger partial charge on any atom is -0.389 e. The summed E-state index contributed by atoms with van der Waals surface area (Å²) in [7, 11) is -3.13. The van der Waals surface area contributed by atoms with Crippen LogP contribution in [0.5, 0.6) is 0 Å². The van der Waals surface area contributed by atoms with E-state index in [9.17, 15) is 8.42 Å². The van der Waals surface area contributed by atoms with Gasteiger partial charge >= 0.3 is 0 Å². The van der Waals surface area contributed by atoms with E-state index in [1.54, 1.807) is 0 Å². The molecule has 1 aromatic heterocycles. The Hall–Kier alpha value is -1.25. The smallest absolute Gasteiger partial charge is 0.208 e. The van der Waals surface area contributed by atoms with E-state index >= 15 is 0 Å². The second kappa shape index (κ2) is 6.67. The second-order valence-corrected chi connectivity index (χ2v) is 7.43. The van der Waals surface area contributed by atoms with Crippen LogP contribution in [0.25, 0.3) is 0 Å². The number of nitrogens with zero attached hydrogens (tertiary/aromatic N) is 1. The highest BCUT2D eigenvalue weighted by molar-refractivity contribution is 7.88. The van der Waals surface area contributed by atoms with Crippen LogP contribution in [0, 0.1) is 0 Å². The van der Waals surface area contributed by atoms with Gasteiger partial charge in [0.15, 0.2) is 0 Å². The second-order valence-electron chi connectivity index (χ2n) is 5.15. The van der Waals surface area contributed by atoms with Gasteiger partial charge in [-0.2, -0.15) is 0 Å². The molecule has 1 aliphatic rings. The van der Waals surface area contributed by atoms with Crippen molar-refractivity contribution in [3.63, 3.8) is 0 Å². The summed E-state index contributed by atoms with van der Waals surface area (Å²) >= 11 is 5.08. The lowest BCUT2D eigenvalue weighted by atomic mass is 10.1. The third kappa shape index (κ3) is 4.62. The molecule has 0 saturated carbocycles. The predicted octanol–water partition coefficient (Wildman–Crippen LogP) is 0.556. The molecule has 1 aliphatic carbocycles. The van der Waals surface area contributed by atoms with E-state index in [0.29, 0.717) is 30.3 Å². The van der Waals surface area contributed by atoms with Gasteiger partial charge in [0.05, 0.1) is 11.8 Å². The van der Waals surface area contributed by atoms with E-state index < -0.39 is 10.0 Å². The Morgan fingerprint density at radius 1 is 1.43 bits per heavy atom. The number of aryl methyl sites for hydroxylation is 2. The average molecular weight is 328 g/mol. The third-order valence-corrected chi connectivity index (χ3v) is 4.27. The van der Waals surface area contributed by atoms with E-state index in [0.717, 1.165) is 36.8 Å². The number of hydrogen-bond donors (Lipinski definition) is 3. The zero-order valence-corrected chi connectivity index (χ0v) is 13.6. The topological polar surface area (TPSA) is 97.1 Å². The molecule has 0 bridgehead atoms. The number of fused-ring (bicyclic) bond motifs is 1. The minimum atomic E-state index is -3.13. The number of nitrogens with two attached hydrogens (primary N) is 1. The Kier molecular flexibility index (Phi) is 5.13. The summed E-state index contributed by atoms with van der Waals surface area (Å²) in [5, 5.41) is 3.20. The molecular formula is C13H20N4O2S2. The summed E-state index contributed by atoms with van der Waals surface area (Å²) in [6.45, 7) is 0.989. The van der Waals surface area contributed by atoms with Gasteiger partial charge in [0.25, 0.3) is 0 Å². The summed E-state index contributed by atoms with van der Waals surface area (Å²) in [4.78, 5) is 4.93. The van der Waals surface area contributed by atoms with Gasteiger partial charge < -0.3 is 11.1 Å². The maximum absolute atomic E-state index is 11.0. The summed E-state index contributed by atoms with van der Waals surface area (Å²) < 4.78 is 24.4. The molecule has 0 aliphatic heterocycles. The van der Waals surface area contributed by atoms with E-state index in [2.05, 4.69) is 15.0 Å². The van der Waals surface area contributed by atoms with Gasteiger partial charge in [-0.25, -0.2) is 18.1 Å². The molecule has 2 rings (SSSR count). The van der Waals surface area contributed by atoms with E-state index in [1.807, 2.05) is 6.07 Å². The van der Waals surface area contributed by atoms with Crippen LogP contribution in [0.4, 0.5) is 5.82 Å². The number of anilines is 1. The molecular weight excluding hydrogens is 308 g/mol. The van der Waals surface area contributed by atoms with E-state index in [-0.39, 0.29) is 0 Å². The summed E-state index contributed by atoms with van der Waals surface area (Å²) in [6, 6.07) is 2.02. The highest BCUT2D eigenvalue weighted by Gasteiger charge is 2.17. The standard InChI is InChI=1S/C13H20N4O2S2/c1-21(18,19)16-7-3-6-15-13-10(12(14)20)8-9-4-2-5-11(9)17-13/h8,16H,2-7H2,1H3,(H2,14,20)(H,15,17). The molecule has 116 valence electrons. The molecule has 1 aromatic rings. The van der Waals surface area contributed by atoms with Crippen LogP contribution < -0.4 is 15.8 Å². The van der Waals surface area contributed by atoms with Crippen LogP contribution >= 0.6 is 12.2 Å². The number of nitrogens with one attached hydrogen (secondary N) is 2. The monoisotopic (exact) mass is 328 g/mol. The van der Waals surface area contributed by atoms with Crippen molar-refractivity contribution in [1.29, 1.82) is 0 Å². The van der Waals surface area contributed by atoms with Gasteiger partial charge in [0, 0.05) is 18.8 Å². The molecule has 0 atom stereocenters. The van der Waals surface area contributed by atoms with Gasteiger partial charge in [0.2, 0.25) is 10.0 Å². The number of aromatic nitrogens is 1. The fraction of sp³-hybridized carbons (Fsp3) is 0.538. The molecule has 1 heterocycles. The van der Waals surface area contributed by atoms with Crippen LogP contribution in [0.2, 0.25) is 0 Å². The number of rotatable bonds is 7. The molecule has 0 aromatic carbocycles. The quantitative estimate of drug-likeness (QED) is 0.500. The van der Waals surface area contributed by atoms with Crippen LogP contribution in [0.15, 0.2) is 6.07 Å². The van der Waals surface area contributed by atoms with Crippen LogP contribution in [-0.2, 0) is 22.9 Å². The van der Waals surface area contributed by atoms with Gasteiger partial charge in [-0.3, -0.25) is 0 Å². The number of pyridine rings is 1. The van der Waals surface area contributed by atoms with Crippen LogP contribution in [-0.4, -0.2) is 37.7 Å². The molecule has 6 nitrogen and oxygen atoms in total. The first kappa shape index (κ1) is 16.1. The molecule has 4 N–H and O–H groups in total. The maximum Gasteiger partial charge on any atom is 0.208 e. The molecule has 0 spiro atoms. The van der Waals surface area contributed by atoms with Gasteiger partial charge in [-0.1, -0.05) is 12.2 Å². The molecule has 8 heteroatoms. The fourth-order valence-corrected chi connectivity index (χ4v) is 3.02. The first-order chi connectivity index (χ1) is 9.87. The number of thiocarbonyl (C=S) groups is 1. The lowest BCUT2D eigenvalue weighted by Gasteiger charge is -2.12. The Bertz CT molecular complexity index is 644. The van der Waals surface area contributed by atoms with Crippen molar-refractivity contribution in [3.8, 4) is 0 Å². The summed E-state index contributed by atoms with van der Waals surface area (Å²) in [5.41, 5.74) is 8.85. The Balaban J connectivity index is 1.98. The van der Waals surface area contributed by atoms with Crippen LogP contribution in [0.1, 0.15) is 29.7 Å². The average Bonchev–Trinajstić information content (AvgIpc) is 2.82. The summed E-state index contributed by atoms with van der Waals surface area (Å²) in [6.07, 6.45) is 4.92. The van der Waals surface area contributed by atoms with Crippen molar-refractivity contribution in [3.05, 3.63) is 22.9 Å². The predicted molar refractivity (Wildman–Crippen MR) is 88.1 cm³/mol. The van der Waals surface area contributed by atoms with Gasteiger partial charge in [0.1, 0.15) is 10.8 Å². The van der Waals surface area contributed by atoms with Crippen LogP contribution in [0.3, 0.4) is 0 Å². The molecule has 0 amide bonds. The van der Waals surface area contributed by atoms with Crippen molar-refractivity contribution in [1.82, 2.24) is 9.71 Å². The highest BCUT2D eigenvalue weighted by atomic mass is 32.2. The Morgan fingerprint density at radius 2 is 2.19 bits per heavy atom. The molecule has 0 unspecified atom stereocenters. The molecule has 21 heavy (non-hydrogen) atoms. The lowest BCUT2D eigenvalue weighted by molar-refractivity contribution is 0.586. The molecule has 0 fully saturated rings. The largest absolute Gasteiger partial charge is 0.389 e. The summed E-state index contributed by atoms with van der Waals surface area (Å²) in [5.74, 6) is 0.697. The van der Waals surface area contributed by atoms with Crippen molar-refractivity contribution in [2.75, 3.05) is 24.7 Å². The molecule has 0 radical (unpaired) electrons. The first-order valence-electron chi connectivity index (χ1n) is 6.88.